The Bertz CT molecular complexity index is 2910. The topological polar surface area (TPSA) is 54.5 Å². The van der Waals surface area contributed by atoms with Crippen LogP contribution in [0.15, 0.2) is 170 Å². The molecule has 7 aromatic carbocycles. The fourth-order valence-electron chi connectivity index (χ4n) is 8.33. The summed E-state index contributed by atoms with van der Waals surface area (Å²) in [4.78, 5) is 10.3. The number of fused-ring (bicyclic) bond motifs is 6. The fourth-order valence-corrected chi connectivity index (χ4v) is 8.33. The average Bonchev–Trinajstić information content (AvgIpc) is 3.68. The van der Waals surface area contributed by atoms with E-state index in [0.717, 1.165) is 55.9 Å². The Morgan fingerprint density at radius 1 is 0.481 bits per heavy atom. The number of nitriles is 1. The highest BCUT2D eigenvalue weighted by Gasteiger charge is 2.36. The second-order valence-electron chi connectivity index (χ2n) is 14.6. The van der Waals surface area contributed by atoms with Gasteiger partial charge in [-0.3, -0.25) is 0 Å². The summed E-state index contributed by atoms with van der Waals surface area (Å²) in [5.41, 5.74) is 15.7. The summed E-state index contributed by atoms with van der Waals surface area (Å²) < 4.78 is 2.41. The molecule has 0 spiro atoms. The van der Waals surface area contributed by atoms with Crippen LogP contribution in [0.25, 0.3) is 83.6 Å². The number of aromatic nitrogens is 3. The van der Waals surface area contributed by atoms with Gasteiger partial charge in [0.2, 0.25) is 0 Å². The van der Waals surface area contributed by atoms with Gasteiger partial charge in [0.25, 0.3) is 0 Å². The third-order valence-electron chi connectivity index (χ3n) is 11.0. The van der Waals surface area contributed by atoms with Crippen LogP contribution in [0.1, 0.15) is 30.5 Å². The van der Waals surface area contributed by atoms with E-state index < -0.39 is 0 Å². The van der Waals surface area contributed by atoms with Crippen LogP contribution in [0.5, 0.6) is 0 Å². The smallest absolute Gasteiger partial charge is 0.160 e. The van der Waals surface area contributed by atoms with Crippen LogP contribution in [0.2, 0.25) is 0 Å². The molecule has 0 amide bonds. The van der Waals surface area contributed by atoms with Crippen molar-refractivity contribution in [3.05, 3.63) is 187 Å². The maximum Gasteiger partial charge on any atom is 0.160 e. The molecule has 4 heteroatoms. The highest BCUT2D eigenvalue weighted by molar-refractivity contribution is 6.11. The third-order valence-corrected chi connectivity index (χ3v) is 11.0. The molecule has 0 saturated carbocycles. The Labute approximate surface area is 314 Å². The zero-order valence-electron chi connectivity index (χ0n) is 30.0. The molecular formula is C50H34N4. The van der Waals surface area contributed by atoms with E-state index in [1.807, 2.05) is 54.6 Å². The van der Waals surface area contributed by atoms with Crippen LogP contribution in [-0.4, -0.2) is 14.5 Å². The predicted molar refractivity (Wildman–Crippen MR) is 220 cm³/mol. The van der Waals surface area contributed by atoms with E-state index in [2.05, 4.69) is 140 Å². The van der Waals surface area contributed by atoms with Gasteiger partial charge in [-0.2, -0.15) is 5.26 Å². The highest BCUT2D eigenvalue weighted by Crippen LogP contribution is 2.51. The summed E-state index contributed by atoms with van der Waals surface area (Å²) in [6.45, 7) is 4.67. The van der Waals surface area contributed by atoms with Crippen molar-refractivity contribution in [2.24, 2.45) is 0 Å². The summed E-state index contributed by atoms with van der Waals surface area (Å²) in [5.74, 6) is 0.666. The minimum atomic E-state index is -0.144. The number of nitrogens with zero attached hydrogens (tertiary/aromatic N) is 4. The summed E-state index contributed by atoms with van der Waals surface area (Å²) in [6.07, 6.45) is 0. The second-order valence-corrected chi connectivity index (χ2v) is 14.6. The number of hydrogen-bond donors (Lipinski definition) is 0. The van der Waals surface area contributed by atoms with Crippen molar-refractivity contribution in [1.82, 2.24) is 14.5 Å². The van der Waals surface area contributed by atoms with Crippen LogP contribution in [0, 0.1) is 11.3 Å². The molecule has 0 atom stereocenters. The Kier molecular flexibility index (Phi) is 7.18. The molecule has 2 aromatic heterocycles. The molecule has 1 aliphatic carbocycles. The molecule has 0 N–H and O–H groups in total. The first-order chi connectivity index (χ1) is 26.5. The molecule has 254 valence electrons. The lowest BCUT2D eigenvalue weighted by atomic mass is 9.82. The first-order valence-corrected chi connectivity index (χ1v) is 18.3. The summed E-state index contributed by atoms with van der Waals surface area (Å²) in [5, 5.41) is 12.3. The lowest BCUT2D eigenvalue weighted by Crippen LogP contribution is -2.15. The molecule has 10 rings (SSSR count). The number of para-hydroxylation sites is 1. The first-order valence-electron chi connectivity index (χ1n) is 18.3. The van der Waals surface area contributed by atoms with Crippen molar-refractivity contribution in [3.8, 4) is 67.9 Å². The number of rotatable bonds is 5. The number of benzene rings is 7. The SMILES string of the molecule is CC1(C)c2ccccc2-c2cc3c4ccccc4n(-c4cc(-c5cccc(C#N)c5)cc(-c5cc(-c6ccccc6)nc(-c6ccccc6)n5)c4)c3cc21. The molecular weight excluding hydrogens is 657 g/mol. The third kappa shape index (κ3) is 5.05. The van der Waals surface area contributed by atoms with Crippen molar-refractivity contribution < 1.29 is 0 Å². The zero-order chi connectivity index (χ0) is 36.4. The fraction of sp³-hybridized carbons (Fsp3) is 0.0600. The Morgan fingerprint density at radius 3 is 1.94 bits per heavy atom. The van der Waals surface area contributed by atoms with Gasteiger partial charge in [0, 0.05) is 38.6 Å². The monoisotopic (exact) mass is 690 g/mol. The van der Waals surface area contributed by atoms with Crippen LogP contribution >= 0.6 is 0 Å². The molecule has 0 bridgehead atoms. The van der Waals surface area contributed by atoms with Crippen LogP contribution in [-0.2, 0) is 5.41 Å². The van der Waals surface area contributed by atoms with Gasteiger partial charge in [-0.05, 0) is 88.0 Å². The van der Waals surface area contributed by atoms with Gasteiger partial charge in [0.15, 0.2) is 5.82 Å². The number of hydrogen-bond acceptors (Lipinski definition) is 3. The summed E-state index contributed by atoms with van der Waals surface area (Å²) in [6, 6.07) is 61.8. The normalized spacial score (nSPS) is 12.8. The van der Waals surface area contributed by atoms with Gasteiger partial charge in [0.1, 0.15) is 0 Å². The minimum Gasteiger partial charge on any atom is -0.309 e. The molecule has 4 nitrogen and oxygen atoms in total. The molecule has 54 heavy (non-hydrogen) atoms. The van der Waals surface area contributed by atoms with Gasteiger partial charge in [-0.15, -0.1) is 0 Å². The first kappa shape index (κ1) is 31.6. The van der Waals surface area contributed by atoms with Gasteiger partial charge in [0.05, 0.1) is 34.1 Å². The van der Waals surface area contributed by atoms with E-state index in [9.17, 15) is 5.26 Å². The van der Waals surface area contributed by atoms with Gasteiger partial charge < -0.3 is 4.57 Å². The van der Waals surface area contributed by atoms with Crippen molar-refractivity contribution in [2.45, 2.75) is 19.3 Å². The molecule has 2 heterocycles. The molecule has 0 fully saturated rings. The lowest BCUT2D eigenvalue weighted by molar-refractivity contribution is 0.661. The summed E-state index contributed by atoms with van der Waals surface area (Å²) in [7, 11) is 0. The quantitative estimate of drug-likeness (QED) is 0.181. The molecule has 0 radical (unpaired) electrons. The maximum atomic E-state index is 9.87. The van der Waals surface area contributed by atoms with Crippen molar-refractivity contribution in [2.75, 3.05) is 0 Å². The highest BCUT2D eigenvalue weighted by atomic mass is 15.0. The van der Waals surface area contributed by atoms with E-state index in [0.29, 0.717) is 11.4 Å². The molecule has 0 saturated heterocycles. The molecule has 1 aliphatic rings. The predicted octanol–water partition coefficient (Wildman–Crippen LogP) is 12.4. The standard InChI is InChI=1S/C50H34N4/c1-50(2)43-22-11-9-20-39(43)41-28-42-40-21-10-12-23-47(40)54(48(42)29-44(41)50)38-26-36(35-19-13-14-32(24-35)31-51)25-37(27-38)46-30-45(33-15-5-3-6-16-33)52-49(53-46)34-17-7-4-8-18-34/h3-30H,1-2H3. The largest absolute Gasteiger partial charge is 0.309 e. The van der Waals surface area contributed by atoms with Gasteiger partial charge >= 0.3 is 0 Å². The van der Waals surface area contributed by atoms with Crippen molar-refractivity contribution in [1.29, 1.82) is 5.26 Å². The van der Waals surface area contributed by atoms with E-state index in [4.69, 9.17) is 9.97 Å². The van der Waals surface area contributed by atoms with E-state index in [-0.39, 0.29) is 5.41 Å². The summed E-state index contributed by atoms with van der Waals surface area (Å²) >= 11 is 0. The average molecular weight is 691 g/mol. The molecule has 9 aromatic rings. The van der Waals surface area contributed by atoms with E-state index in [1.54, 1.807) is 0 Å². The maximum absolute atomic E-state index is 9.87. The molecule has 0 aliphatic heterocycles. The van der Waals surface area contributed by atoms with Crippen LogP contribution in [0.3, 0.4) is 0 Å². The second kappa shape index (κ2) is 12.3. The minimum absolute atomic E-state index is 0.144. The Morgan fingerprint density at radius 2 is 1.15 bits per heavy atom. The van der Waals surface area contributed by atoms with Gasteiger partial charge in [-0.1, -0.05) is 129 Å². The van der Waals surface area contributed by atoms with Gasteiger partial charge in [-0.25, -0.2) is 9.97 Å². The van der Waals surface area contributed by atoms with E-state index in [1.165, 1.54) is 33.0 Å². The van der Waals surface area contributed by atoms with Crippen LogP contribution < -0.4 is 0 Å². The Hall–Kier alpha value is -7.09. The Balaban J connectivity index is 1.27. The van der Waals surface area contributed by atoms with Crippen molar-refractivity contribution >= 4 is 21.8 Å². The van der Waals surface area contributed by atoms with Crippen molar-refractivity contribution in [3.63, 3.8) is 0 Å². The lowest BCUT2D eigenvalue weighted by Gasteiger charge is -2.22. The van der Waals surface area contributed by atoms with Crippen LogP contribution in [0.4, 0.5) is 0 Å². The zero-order valence-corrected chi connectivity index (χ0v) is 30.0. The van der Waals surface area contributed by atoms with E-state index >= 15 is 0 Å². The molecule has 0 unspecified atom stereocenters.